The summed E-state index contributed by atoms with van der Waals surface area (Å²) in [5.74, 6) is -2.82. The van der Waals surface area contributed by atoms with Gasteiger partial charge in [0, 0.05) is 31.5 Å². The van der Waals surface area contributed by atoms with Gasteiger partial charge in [0.25, 0.3) is 0 Å². The largest absolute Gasteiger partial charge is 0.573 e. The van der Waals surface area contributed by atoms with Crippen LogP contribution in [0.15, 0.2) is 66.9 Å². The van der Waals surface area contributed by atoms with E-state index in [1.165, 1.54) is 38.4 Å². The Bertz CT molecular complexity index is 1460. The van der Waals surface area contributed by atoms with Gasteiger partial charge in [-0.15, -0.1) is 13.2 Å². The second-order valence-electron chi connectivity index (χ2n) is 11.2. The van der Waals surface area contributed by atoms with E-state index in [4.69, 9.17) is 18.9 Å². The summed E-state index contributed by atoms with van der Waals surface area (Å²) in [6.07, 6.45) is -2.40. The molecule has 9 nitrogen and oxygen atoms in total. The molecule has 0 radical (unpaired) electrons. The summed E-state index contributed by atoms with van der Waals surface area (Å²) >= 11 is 0. The number of carbonyl (C=O) groups excluding carboxylic acids is 3. The average molecular weight is 660 g/mol. The zero-order valence-corrected chi connectivity index (χ0v) is 27.0. The summed E-state index contributed by atoms with van der Waals surface area (Å²) in [6.45, 7) is 6.15. The minimum atomic E-state index is -4.80. The minimum Gasteiger partial charge on any atom is -0.493 e. The number of rotatable bonds is 17. The van der Waals surface area contributed by atoms with E-state index in [1.807, 2.05) is 37.3 Å². The zero-order chi connectivity index (χ0) is 34.6. The lowest BCUT2D eigenvalue weighted by Crippen LogP contribution is -2.34. The Hall–Kier alpha value is -4.61. The van der Waals surface area contributed by atoms with Crippen molar-refractivity contribution < 1.29 is 51.2 Å². The number of Topliss-reactive ketones (excluding diaryl/α,β-unsaturated/α-hetero) is 1. The maximum atomic E-state index is 13.3. The van der Waals surface area contributed by atoms with Crippen molar-refractivity contribution in [3.63, 3.8) is 0 Å². The van der Waals surface area contributed by atoms with Crippen molar-refractivity contribution in [2.24, 2.45) is 17.8 Å². The molecule has 0 saturated heterocycles. The number of hydrogen-bond donors (Lipinski definition) is 0. The standard InChI is InChI=1S/C35H40F3NO8/c1-6-27(19-25-10-8-7-9-11-25)29(20-26-12-14-28(15-13-26)47-35(36,37)38)23(3)46-34(42)22(2)18-30(41)32-33(45-21-44-24(4)40)31(43-5)16-17-39-32/h7-17,22-23,27,29H,6,18-21H2,1-5H3/t22-,23+,27-,29+/m1/s1. The topological polar surface area (TPSA) is 110 Å². The van der Waals surface area contributed by atoms with Gasteiger partial charge in [-0.25, -0.2) is 4.98 Å². The molecule has 12 heteroatoms. The van der Waals surface area contributed by atoms with E-state index < -0.39 is 42.9 Å². The molecule has 0 spiro atoms. The molecule has 0 saturated carbocycles. The van der Waals surface area contributed by atoms with Gasteiger partial charge in [-0.2, -0.15) is 0 Å². The van der Waals surface area contributed by atoms with Crippen molar-refractivity contribution >= 4 is 17.7 Å². The number of esters is 2. The van der Waals surface area contributed by atoms with Crippen LogP contribution in [0.5, 0.6) is 17.2 Å². The third-order valence-corrected chi connectivity index (χ3v) is 7.72. The first-order valence-electron chi connectivity index (χ1n) is 15.2. The summed E-state index contributed by atoms with van der Waals surface area (Å²) in [6, 6.07) is 17.0. The van der Waals surface area contributed by atoms with E-state index in [0.717, 1.165) is 17.5 Å². The molecule has 3 rings (SSSR count). The number of methoxy groups -OCH3 is 1. The smallest absolute Gasteiger partial charge is 0.493 e. The molecule has 4 atom stereocenters. The molecule has 0 N–H and O–H groups in total. The molecular weight excluding hydrogens is 619 g/mol. The van der Waals surface area contributed by atoms with E-state index in [-0.39, 0.29) is 41.2 Å². The lowest BCUT2D eigenvalue weighted by atomic mass is 9.78. The maximum Gasteiger partial charge on any atom is 0.573 e. The van der Waals surface area contributed by atoms with Crippen LogP contribution in [0.4, 0.5) is 13.2 Å². The van der Waals surface area contributed by atoms with E-state index in [1.54, 1.807) is 26.0 Å². The van der Waals surface area contributed by atoms with Crippen LogP contribution in [0.1, 0.15) is 62.2 Å². The van der Waals surface area contributed by atoms with Crippen LogP contribution in [-0.2, 0) is 31.9 Å². The molecule has 0 aliphatic heterocycles. The molecule has 0 aliphatic rings. The monoisotopic (exact) mass is 659 g/mol. The minimum absolute atomic E-state index is 0.0198. The number of alkyl halides is 3. The van der Waals surface area contributed by atoms with E-state index in [0.29, 0.717) is 12.8 Å². The lowest BCUT2D eigenvalue weighted by Gasteiger charge is -2.32. The second kappa shape index (κ2) is 17.3. The Balaban J connectivity index is 1.77. The third-order valence-electron chi connectivity index (χ3n) is 7.72. The molecule has 3 aromatic rings. The fourth-order valence-corrected chi connectivity index (χ4v) is 5.28. The van der Waals surface area contributed by atoms with Crippen LogP contribution in [0, 0.1) is 17.8 Å². The van der Waals surface area contributed by atoms with Gasteiger partial charge in [0.05, 0.1) is 13.0 Å². The molecule has 2 aromatic carbocycles. The van der Waals surface area contributed by atoms with Crippen LogP contribution in [0.3, 0.4) is 0 Å². The van der Waals surface area contributed by atoms with Crippen LogP contribution in [0.2, 0.25) is 0 Å². The van der Waals surface area contributed by atoms with Crippen LogP contribution in [-0.4, -0.2) is 49.1 Å². The number of aromatic nitrogens is 1. The maximum absolute atomic E-state index is 13.3. The first-order valence-corrected chi connectivity index (χ1v) is 15.2. The number of halogens is 3. The summed E-state index contributed by atoms with van der Waals surface area (Å²) in [5.41, 5.74) is 1.77. The van der Waals surface area contributed by atoms with Crippen LogP contribution >= 0.6 is 0 Å². The quantitative estimate of drug-likeness (QED) is 0.0847. The van der Waals surface area contributed by atoms with E-state index in [9.17, 15) is 27.6 Å². The van der Waals surface area contributed by atoms with Crippen molar-refractivity contribution in [1.29, 1.82) is 0 Å². The van der Waals surface area contributed by atoms with E-state index >= 15 is 0 Å². The predicted molar refractivity (Wildman–Crippen MR) is 166 cm³/mol. The van der Waals surface area contributed by atoms with Crippen molar-refractivity contribution in [3.05, 3.63) is 83.7 Å². The van der Waals surface area contributed by atoms with Crippen molar-refractivity contribution in [3.8, 4) is 17.2 Å². The molecule has 47 heavy (non-hydrogen) atoms. The van der Waals surface area contributed by atoms with Crippen molar-refractivity contribution in [2.45, 2.75) is 65.8 Å². The summed E-state index contributed by atoms with van der Waals surface area (Å²) < 4.78 is 63.6. The number of benzene rings is 2. The molecular formula is C35H40F3NO8. The SMILES string of the molecule is CC[C@H](Cc1ccccc1)[C@@H](Cc1ccc(OC(F)(F)F)cc1)[C@H](C)OC(=O)[C@H](C)CC(=O)c1nccc(OC)c1OCOC(C)=O. The Morgan fingerprint density at radius 1 is 0.915 bits per heavy atom. The van der Waals surface area contributed by atoms with Crippen LogP contribution in [0.25, 0.3) is 0 Å². The van der Waals surface area contributed by atoms with Crippen molar-refractivity contribution in [1.82, 2.24) is 4.98 Å². The van der Waals surface area contributed by atoms with Crippen molar-refractivity contribution in [2.75, 3.05) is 13.9 Å². The Morgan fingerprint density at radius 2 is 1.57 bits per heavy atom. The molecule has 0 amide bonds. The highest BCUT2D eigenvalue weighted by molar-refractivity contribution is 5.99. The van der Waals surface area contributed by atoms with Gasteiger partial charge in [0.2, 0.25) is 6.79 Å². The summed E-state index contributed by atoms with van der Waals surface area (Å²) in [5, 5.41) is 0. The fraction of sp³-hybridized carbons (Fsp3) is 0.429. The average Bonchev–Trinajstić information content (AvgIpc) is 3.02. The van der Waals surface area contributed by atoms with Gasteiger partial charge < -0.3 is 23.7 Å². The van der Waals surface area contributed by atoms with Gasteiger partial charge in [-0.3, -0.25) is 14.4 Å². The molecule has 254 valence electrons. The number of ketones is 1. The third kappa shape index (κ3) is 11.6. The van der Waals surface area contributed by atoms with Gasteiger partial charge in [0.15, 0.2) is 23.0 Å². The predicted octanol–water partition coefficient (Wildman–Crippen LogP) is 7.16. The molecule has 0 bridgehead atoms. The molecule has 0 fully saturated rings. The first kappa shape index (κ1) is 36.9. The second-order valence-corrected chi connectivity index (χ2v) is 11.2. The van der Waals surface area contributed by atoms with Gasteiger partial charge in [0.1, 0.15) is 11.9 Å². The summed E-state index contributed by atoms with van der Waals surface area (Å²) in [4.78, 5) is 41.9. The summed E-state index contributed by atoms with van der Waals surface area (Å²) in [7, 11) is 1.38. The first-order chi connectivity index (χ1) is 22.3. The highest BCUT2D eigenvalue weighted by atomic mass is 19.4. The zero-order valence-electron chi connectivity index (χ0n) is 27.0. The molecule has 0 aliphatic carbocycles. The highest BCUT2D eigenvalue weighted by Gasteiger charge is 2.33. The fourth-order valence-electron chi connectivity index (χ4n) is 5.28. The Kier molecular flexibility index (Phi) is 13.6. The van der Waals surface area contributed by atoms with E-state index in [2.05, 4.69) is 9.72 Å². The number of hydrogen-bond acceptors (Lipinski definition) is 9. The number of nitrogens with zero attached hydrogens (tertiary/aromatic N) is 1. The van der Waals surface area contributed by atoms with Gasteiger partial charge in [-0.05, 0) is 48.9 Å². The highest BCUT2D eigenvalue weighted by Crippen LogP contribution is 2.33. The number of pyridine rings is 1. The van der Waals surface area contributed by atoms with Gasteiger partial charge >= 0.3 is 18.3 Å². The normalized spacial score (nSPS) is 13.9. The lowest BCUT2D eigenvalue weighted by molar-refractivity contribution is -0.274. The number of carbonyl (C=O) groups is 3. The molecule has 1 aromatic heterocycles. The molecule has 0 unspecified atom stereocenters. The molecule has 1 heterocycles. The Morgan fingerprint density at radius 3 is 2.17 bits per heavy atom. The number of ether oxygens (including phenoxy) is 5. The van der Waals surface area contributed by atoms with Crippen LogP contribution < -0.4 is 14.2 Å². The van der Waals surface area contributed by atoms with Gasteiger partial charge in [-0.1, -0.05) is 62.7 Å². The Labute approximate surface area is 272 Å².